The summed E-state index contributed by atoms with van der Waals surface area (Å²) < 4.78 is 26.5. The van der Waals surface area contributed by atoms with Crippen LogP contribution in [-0.2, 0) is 10.0 Å². The van der Waals surface area contributed by atoms with E-state index in [0.29, 0.717) is 18.2 Å². The first-order valence-corrected chi connectivity index (χ1v) is 8.82. The van der Waals surface area contributed by atoms with Crippen molar-refractivity contribution < 1.29 is 8.42 Å². The zero-order valence-electron chi connectivity index (χ0n) is 12.4. The zero-order valence-corrected chi connectivity index (χ0v) is 14.0. The van der Waals surface area contributed by atoms with Crippen LogP contribution in [0.1, 0.15) is 12.8 Å². The van der Waals surface area contributed by atoms with Gasteiger partial charge >= 0.3 is 0 Å². The van der Waals surface area contributed by atoms with E-state index in [1.54, 1.807) is 7.05 Å². The first kappa shape index (κ1) is 16.5. The first-order valence-electron chi connectivity index (χ1n) is 7.00. The summed E-state index contributed by atoms with van der Waals surface area (Å²) in [7, 11) is 0.202. The highest BCUT2D eigenvalue weighted by Crippen LogP contribution is 2.25. The topological polar surface area (TPSA) is 66.6 Å². The predicted octanol–water partition coefficient (Wildman–Crippen LogP) is 1.88. The van der Waals surface area contributed by atoms with E-state index in [4.69, 9.17) is 17.3 Å². The molecule has 118 valence electrons. The molecule has 5 nitrogen and oxygen atoms in total. The Hall–Kier alpha value is -0.820. The van der Waals surface area contributed by atoms with Crippen molar-refractivity contribution in [2.75, 3.05) is 39.5 Å². The standard InChI is InChI=1S/C14H22ClN3O2S/c1-17-7-5-11(6-8-17)10-18(2)21(19,20)12-3-4-14(16)13(15)9-12/h3-4,9,11H,5-8,10,16H2,1-2H3. The summed E-state index contributed by atoms with van der Waals surface area (Å²) in [5.74, 6) is 0.408. The van der Waals surface area contributed by atoms with Gasteiger partial charge in [-0.25, -0.2) is 12.7 Å². The molecule has 1 aliphatic heterocycles. The molecule has 0 bridgehead atoms. The van der Waals surface area contributed by atoms with Crippen LogP contribution in [0.3, 0.4) is 0 Å². The van der Waals surface area contributed by atoms with Crippen molar-refractivity contribution in [2.24, 2.45) is 5.92 Å². The molecule has 1 aromatic rings. The minimum atomic E-state index is -3.51. The van der Waals surface area contributed by atoms with Gasteiger partial charge in [-0.1, -0.05) is 11.6 Å². The molecule has 0 radical (unpaired) electrons. The number of halogens is 1. The van der Waals surface area contributed by atoms with Crippen LogP contribution in [-0.4, -0.2) is 51.4 Å². The molecule has 0 unspecified atom stereocenters. The minimum absolute atomic E-state index is 0.192. The third kappa shape index (κ3) is 3.88. The monoisotopic (exact) mass is 331 g/mol. The summed E-state index contributed by atoms with van der Waals surface area (Å²) in [6, 6.07) is 4.44. The summed E-state index contributed by atoms with van der Waals surface area (Å²) in [6.07, 6.45) is 2.05. The Kier molecular flexibility index (Phi) is 5.14. The maximum Gasteiger partial charge on any atom is 0.242 e. The van der Waals surface area contributed by atoms with Gasteiger partial charge in [0.25, 0.3) is 0 Å². The van der Waals surface area contributed by atoms with Gasteiger partial charge in [-0.2, -0.15) is 0 Å². The van der Waals surface area contributed by atoms with Crippen molar-refractivity contribution in [3.63, 3.8) is 0 Å². The molecule has 1 heterocycles. The van der Waals surface area contributed by atoms with Crippen LogP contribution < -0.4 is 5.73 Å². The van der Waals surface area contributed by atoms with Crippen molar-refractivity contribution in [1.29, 1.82) is 0 Å². The lowest BCUT2D eigenvalue weighted by Crippen LogP contribution is -2.37. The predicted molar refractivity (Wildman–Crippen MR) is 85.9 cm³/mol. The van der Waals surface area contributed by atoms with Crippen LogP contribution >= 0.6 is 11.6 Å². The highest BCUT2D eigenvalue weighted by atomic mass is 35.5. The second-order valence-corrected chi connectivity index (χ2v) is 8.17. The molecule has 2 rings (SSSR count). The van der Waals surface area contributed by atoms with E-state index in [9.17, 15) is 8.42 Å². The molecule has 21 heavy (non-hydrogen) atoms. The number of hydrogen-bond acceptors (Lipinski definition) is 4. The molecule has 2 N–H and O–H groups in total. The Morgan fingerprint density at radius 2 is 2.00 bits per heavy atom. The molecule has 0 aliphatic carbocycles. The fourth-order valence-corrected chi connectivity index (χ4v) is 4.07. The number of hydrogen-bond donors (Lipinski definition) is 1. The fourth-order valence-electron chi connectivity index (χ4n) is 2.55. The normalized spacial score (nSPS) is 18.3. The maximum absolute atomic E-state index is 12.5. The van der Waals surface area contributed by atoms with Gasteiger partial charge in [-0.15, -0.1) is 0 Å². The number of nitrogens with zero attached hydrogens (tertiary/aromatic N) is 2. The quantitative estimate of drug-likeness (QED) is 0.855. The van der Waals surface area contributed by atoms with Crippen molar-refractivity contribution in [2.45, 2.75) is 17.7 Å². The van der Waals surface area contributed by atoms with E-state index in [2.05, 4.69) is 11.9 Å². The molecule has 0 saturated carbocycles. The Balaban J connectivity index is 2.09. The van der Waals surface area contributed by atoms with E-state index in [1.165, 1.54) is 22.5 Å². The van der Waals surface area contributed by atoms with Gasteiger partial charge in [-0.3, -0.25) is 0 Å². The SMILES string of the molecule is CN1CCC(CN(C)S(=O)(=O)c2ccc(N)c(Cl)c2)CC1. The average molecular weight is 332 g/mol. The van der Waals surface area contributed by atoms with E-state index >= 15 is 0 Å². The van der Waals surface area contributed by atoms with Crippen molar-refractivity contribution in [3.05, 3.63) is 23.2 Å². The molecule has 7 heteroatoms. The van der Waals surface area contributed by atoms with Crippen LogP contribution in [0.2, 0.25) is 5.02 Å². The van der Waals surface area contributed by atoms with E-state index in [0.717, 1.165) is 25.9 Å². The van der Waals surface area contributed by atoms with Crippen LogP contribution in [0.25, 0.3) is 0 Å². The summed E-state index contributed by atoms with van der Waals surface area (Å²) >= 11 is 5.92. The minimum Gasteiger partial charge on any atom is -0.398 e. The Morgan fingerprint density at radius 1 is 1.38 bits per heavy atom. The van der Waals surface area contributed by atoms with Crippen molar-refractivity contribution in [1.82, 2.24) is 9.21 Å². The van der Waals surface area contributed by atoms with E-state index in [-0.39, 0.29) is 9.92 Å². The number of nitrogens with two attached hydrogens (primary N) is 1. The first-order chi connectivity index (χ1) is 9.80. The number of likely N-dealkylation sites (tertiary alicyclic amines) is 1. The molecule has 1 aromatic carbocycles. The molecule has 0 atom stereocenters. The van der Waals surface area contributed by atoms with Gasteiger partial charge in [0.15, 0.2) is 0 Å². The molecule has 0 aromatic heterocycles. The van der Waals surface area contributed by atoms with Crippen LogP contribution in [0.5, 0.6) is 0 Å². The number of rotatable bonds is 4. The second-order valence-electron chi connectivity index (χ2n) is 5.72. The summed E-state index contributed by atoms with van der Waals surface area (Å²) in [4.78, 5) is 2.46. The largest absolute Gasteiger partial charge is 0.398 e. The molecular formula is C14H22ClN3O2S. The zero-order chi connectivity index (χ0) is 15.6. The van der Waals surface area contributed by atoms with E-state index < -0.39 is 10.0 Å². The number of anilines is 1. The summed E-state index contributed by atoms with van der Waals surface area (Å²) in [5.41, 5.74) is 6.01. The summed E-state index contributed by atoms with van der Waals surface area (Å²) in [6.45, 7) is 2.58. The average Bonchev–Trinajstić information content (AvgIpc) is 2.44. The Bertz CT molecular complexity index is 598. The molecule has 1 aliphatic rings. The smallest absolute Gasteiger partial charge is 0.242 e. The number of nitrogen functional groups attached to an aromatic ring is 1. The van der Waals surface area contributed by atoms with Gasteiger partial charge in [0.2, 0.25) is 10.0 Å². The van der Waals surface area contributed by atoms with Gasteiger partial charge in [0, 0.05) is 13.6 Å². The maximum atomic E-state index is 12.5. The van der Waals surface area contributed by atoms with E-state index in [1.807, 2.05) is 0 Å². The Morgan fingerprint density at radius 3 is 2.57 bits per heavy atom. The lowest BCUT2D eigenvalue weighted by atomic mass is 9.97. The third-order valence-electron chi connectivity index (χ3n) is 4.03. The van der Waals surface area contributed by atoms with Gasteiger partial charge < -0.3 is 10.6 Å². The number of sulfonamides is 1. The molecule has 1 fully saturated rings. The number of benzene rings is 1. The second kappa shape index (κ2) is 6.52. The van der Waals surface area contributed by atoms with Crippen LogP contribution in [0.15, 0.2) is 23.1 Å². The van der Waals surface area contributed by atoms with Crippen molar-refractivity contribution >= 4 is 27.3 Å². The van der Waals surface area contributed by atoms with Crippen LogP contribution in [0, 0.1) is 5.92 Å². The van der Waals surface area contributed by atoms with Crippen molar-refractivity contribution in [3.8, 4) is 0 Å². The lowest BCUT2D eigenvalue weighted by molar-refractivity contribution is 0.202. The fraction of sp³-hybridized carbons (Fsp3) is 0.571. The Labute approximate surface area is 131 Å². The summed E-state index contributed by atoms with van der Waals surface area (Å²) in [5, 5.41) is 0.267. The third-order valence-corrected chi connectivity index (χ3v) is 6.18. The molecule has 1 saturated heterocycles. The molecule has 0 amide bonds. The lowest BCUT2D eigenvalue weighted by Gasteiger charge is -2.31. The molecular weight excluding hydrogens is 310 g/mol. The molecule has 0 spiro atoms. The number of piperidine rings is 1. The highest BCUT2D eigenvalue weighted by molar-refractivity contribution is 7.89. The highest BCUT2D eigenvalue weighted by Gasteiger charge is 2.26. The van der Waals surface area contributed by atoms with Crippen LogP contribution in [0.4, 0.5) is 5.69 Å². The van der Waals surface area contributed by atoms with Gasteiger partial charge in [0.05, 0.1) is 15.6 Å². The van der Waals surface area contributed by atoms with Gasteiger partial charge in [0.1, 0.15) is 0 Å². The van der Waals surface area contributed by atoms with Gasteiger partial charge in [-0.05, 0) is 57.1 Å².